The van der Waals surface area contributed by atoms with Crippen LogP contribution >= 0.6 is 0 Å². The molecule has 0 aromatic carbocycles. The molecule has 0 aromatic heterocycles. The van der Waals surface area contributed by atoms with Crippen LogP contribution in [0.2, 0.25) is 0 Å². The minimum absolute atomic E-state index is 0.486. The zero-order chi connectivity index (χ0) is 11.7. The Labute approximate surface area is 103 Å². The summed E-state index contributed by atoms with van der Waals surface area (Å²) in [5.41, 5.74) is 0. The topological polar surface area (TPSA) is 32.8 Å². The molecule has 3 aliphatic heterocycles. The average molecular weight is 238 g/mol. The number of rotatable bonds is 3. The number of ketones is 1. The van der Waals surface area contributed by atoms with Gasteiger partial charge in [-0.25, -0.2) is 0 Å². The minimum Gasteiger partial charge on any atom is -0.379 e. The molecule has 0 aromatic rings. The van der Waals surface area contributed by atoms with Gasteiger partial charge in [0.25, 0.3) is 0 Å². The molecule has 0 radical (unpaired) electrons. The van der Waals surface area contributed by atoms with Crippen molar-refractivity contribution in [1.82, 2.24) is 9.80 Å². The van der Waals surface area contributed by atoms with Gasteiger partial charge in [0.2, 0.25) is 0 Å². The second-order valence-electron chi connectivity index (χ2n) is 5.52. The summed E-state index contributed by atoms with van der Waals surface area (Å²) in [5.74, 6) is 0.486. The molecule has 2 atom stereocenters. The van der Waals surface area contributed by atoms with Crippen molar-refractivity contribution < 1.29 is 9.53 Å². The largest absolute Gasteiger partial charge is 0.379 e. The van der Waals surface area contributed by atoms with Crippen molar-refractivity contribution in [1.29, 1.82) is 0 Å². The maximum Gasteiger partial charge on any atom is 0.136 e. The van der Waals surface area contributed by atoms with Gasteiger partial charge in [-0.2, -0.15) is 0 Å². The molecule has 17 heavy (non-hydrogen) atoms. The fourth-order valence-corrected chi connectivity index (χ4v) is 3.51. The number of hydrogen-bond acceptors (Lipinski definition) is 4. The van der Waals surface area contributed by atoms with Gasteiger partial charge in [0.15, 0.2) is 0 Å². The molecule has 3 rings (SSSR count). The van der Waals surface area contributed by atoms with Crippen LogP contribution < -0.4 is 0 Å². The highest BCUT2D eigenvalue weighted by Gasteiger charge is 2.39. The van der Waals surface area contributed by atoms with Crippen LogP contribution in [0.25, 0.3) is 0 Å². The molecule has 0 N–H and O–H groups in total. The molecule has 0 amide bonds. The molecule has 0 aliphatic carbocycles. The van der Waals surface area contributed by atoms with Gasteiger partial charge in [-0.15, -0.1) is 0 Å². The van der Waals surface area contributed by atoms with E-state index in [4.69, 9.17) is 4.74 Å². The van der Waals surface area contributed by atoms with E-state index in [1.54, 1.807) is 0 Å². The summed E-state index contributed by atoms with van der Waals surface area (Å²) in [6.45, 7) is 6.19. The molecule has 2 bridgehead atoms. The molecule has 0 spiro atoms. The van der Waals surface area contributed by atoms with Crippen LogP contribution in [0.1, 0.15) is 25.7 Å². The average Bonchev–Trinajstić information content (AvgIpc) is 2.59. The number of hydrogen-bond donors (Lipinski definition) is 0. The van der Waals surface area contributed by atoms with Gasteiger partial charge in [0.1, 0.15) is 5.78 Å². The lowest BCUT2D eigenvalue weighted by Gasteiger charge is -2.36. The number of morpholine rings is 1. The van der Waals surface area contributed by atoms with Gasteiger partial charge >= 0.3 is 0 Å². The maximum absolute atomic E-state index is 11.5. The lowest BCUT2D eigenvalue weighted by molar-refractivity contribution is -0.123. The quantitative estimate of drug-likeness (QED) is 0.717. The standard InChI is InChI=1S/C13H22N2O2/c16-13-9-11-1-2-12(10-13)15(11)4-3-14-5-7-17-8-6-14/h11-12H,1-10H2. The first-order valence-electron chi connectivity index (χ1n) is 6.90. The number of piperidine rings is 1. The fourth-order valence-electron chi connectivity index (χ4n) is 3.51. The van der Waals surface area contributed by atoms with Crippen LogP contribution in [0.3, 0.4) is 0 Å². The van der Waals surface area contributed by atoms with Gasteiger partial charge in [0.05, 0.1) is 13.2 Å². The Hall–Kier alpha value is -0.450. The highest BCUT2D eigenvalue weighted by atomic mass is 16.5. The predicted octanol–water partition coefficient (Wildman–Crippen LogP) is 0.514. The van der Waals surface area contributed by atoms with Crippen LogP contribution in [-0.4, -0.2) is 67.1 Å². The molecule has 3 saturated heterocycles. The SMILES string of the molecule is O=C1CC2CCC(C1)N2CCN1CCOCC1. The van der Waals surface area contributed by atoms with E-state index in [0.29, 0.717) is 17.9 Å². The fraction of sp³-hybridized carbons (Fsp3) is 0.923. The molecule has 3 aliphatic rings. The number of carbonyl (C=O) groups is 1. The van der Waals surface area contributed by atoms with E-state index in [9.17, 15) is 4.79 Å². The molecule has 3 heterocycles. The maximum atomic E-state index is 11.5. The van der Waals surface area contributed by atoms with Crippen LogP contribution in [0.5, 0.6) is 0 Å². The molecule has 0 saturated carbocycles. The van der Waals surface area contributed by atoms with E-state index in [1.807, 2.05) is 0 Å². The van der Waals surface area contributed by atoms with Crippen molar-refractivity contribution in [3.8, 4) is 0 Å². The lowest BCUT2D eigenvalue weighted by atomic mass is 10.0. The first-order valence-corrected chi connectivity index (χ1v) is 6.90. The molecule has 3 fully saturated rings. The Kier molecular flexibility index (Phi) is 3.45. The number of Topliss-reactive ketones (excluding diaryl/α,β-unsaturated/α-hetero) is 1. The van der Waals surface area contributed by atoms with Crippen molar-refractivity contribution in [2.75, 3.05) is 39.4 Å². The molecule has 96 valence electrons. The van der Waals surface area contributed by atoms with Crippen molar-refractivity contribution >= 4 is 5.78 Å². The van der Waals surface area contributed by atoms with E-state index < -0.39 is 0 Å². The van der Waals surface area contributed by atoms with Crippen molar-refractivity contribution in [3.05, 3.63) is 0 Å². The summed E-state index contributed by atoms with van der Waals surface area (Å²) in [5, 5.41) is 0. The Bertz CT molecular complexity index is 273. The Morgan fingerprint density at radius 1 is 1.06 bits per heavy atom. The smallest absolute Gasteiger partial charge is 0.136 e. The molecule has 4 heteroatoms. The highest BCUT2D eigenvalue weighted by molar-refractivity contribution is 5.80. The van der Waals surface area contributed by atoms with E-state index in [-0.39, 0.29) is 0 Å². The Balaban J connectivity index is 1.50. The highest BCUT2D eigenvalue weighted by Crippen LogP contribution is 2.33. The van der Waals surface area contributed by atoms with Gasteiger partial charge in [0, 0.05) is 51.1 Å². The third-order valence-corrected chi connectivity index (χ3v) is 4.48. The summed E-state index contributed by atoms with van der Waals surface area (Å²) in [4.78, 5) is 16.6. The van der Waals surface area contributed by atoms with Gasteiger partial charge in [-0.05, 0) is 12.8 Å². The first kappa shape index (κ1) is 11.6. The van der Waals surface area contributed by atoms with Crippen molar-refractivity contribution in [3.63, 3.8) is 0 Å². The van der Waals surface area contributed by atoms with Crippen LogP contribution in [0.4, 0.5) is 0 Å². The summed E-state index contributed by atoms with van der Waals surface area (Å²) >= 11 is 0. The number of carbonyl (C=O) groups excluding carboxylic acids is 1. The zero-order valence-corrected chi connectivity index (χ0v) is 10.4. The van der Waals surface area contributed by atoms with Crippen LogP contribution in [0, 0.1) is 0 Å². The van der Waals surface area contributed by atoms with E-state index in [1.165, 1.54) is 12.8 Å². The second-order valence-corrected chi connectivity index (χ2v) is 5.52. The van der Waals surface area contributed by atoms with E-state index >= 15 is 0 Å². The van der Waals surface area contributed by atoms with E-state index in [2.05, 4.69) is 9.80 Å². The molecule has 2 unspecified atom stereocenters. The number of nitrogens with zero attached hydrogens (tertiary/aromatic N) is 2. The summed E-state index contributed by atoms with van der Waals surface area (Å²) < 4.78 is 5.36. The first-order chi connectivity index (χ1) is 8.33. The molecular formula is C13H22N2O2. The summed E-state index contributed by atoms with van der Waals surface area (Å²) in [7, 11) is 0. The van der Waals surface area contributed by atoms with Crippen LogP contribution in [-0.2, 0) is 9.53 Å². The van der Waals surface area contributed by atoms with Gasteiger partial charge in [-0.3, -0.25) is 14.6 Å². The Morgan fingerprint density at radius 3 is 2.35 bits per heavy atom. The second kappa shape index (κ2) is 5.04. The normalized spacial score (nSPS) is 35.4. The predicted molar refractivity (Wildman–Crippen MR) is 65.0 cm³/mol. The summed E-state index contributed by atoms with van der Waals surface area (Å²) in [6.07, 6.45) is 4.08. The Morgan fingerprint density at radius 2 is 1.71 bits per heavy atom. The van der Waals surface area contributed by atoms with Crippen LogP contribution in [0.15, 0.2) is 0 Å². The number of fused-ring (bicyclic) bond motifs is 2. The van der Waals surface area contributed by atoms with Crippen molar-refractivity contribution in [2.24, 2.45) is 0 Å². The van der Waals surface area contributed by atoms with Gasteiger partial charge < -0.3 is 4.74 Å². The minimum atomic E-state index is 0.486. The third-order valence-electron chi connectivity index (χ3n) is 4.48. The number of ether oxygens (including phenoxy) is 1. The molecular weight excluding hydrogens is 216 g/mol. The monoisotopic (exact) mass is 238 g/mol. The summed E-state index contributed by atoms with van der Waals surface area (Å²) in [6, 6.07) is 1.12. The zero-order valence-electron chi connectivity index (χ0n) is 10.4. The molecule has 4 nitrogen and oxygen atoms in total. The van der Waals surface area contributed by atoms with Crippen molar-refractivity contribution in [2.45, 2.75) is 37.8 Å². The lowest BCUT2D eigenvalue weighted by Crippen LogP contribution is -2.48. The van der Waals surface area contributed by atoms with Gasteiger partial charge in [-0.1, -0.05) is 0 Å². The third kappa shape index (κ3) is 2.54. The van der Waals surface area contributed by atoms with E-state index in [0.717, 1.165) is 52.2 Å².